The molecule has 0 aliphatic rings. The number of pyridine rings is 1. The highest BCUT2D eigenvalue weighted by Crippen LogP contribution is 2.41. The Hall–Kier alpha value is -8.00. The molecule has 0 radical (unpaired) electrons. The number of hydrogen-bond acceptors (Lipinski definition) is 3. The molecule has 4 nitrogen and oxygen atoms in total. The van der Waals surface area contributed by atoms with E-state index < -0.39 is 0 Å². The predicted molar refractivity (Wildman–Crippen MR) is 240 cm³/mol. The van der Waals surface area contributed by atoms with Gasteiger partial charge < -0.3 is 9.47 Å². The zero-order valence-electron chi connectivity index (χ0n) is 31.6. The molecule has 0 spiro atoms. The molecule has 8 aromatic carbocycles. The topological polar surface area (TPSA) is 44.9 Å². The standard InChI is InChI=1S/C54H36N4/c55-37-38-16-15-21-41(30-38)42-31-43(44-34-51(39-17-5-1-6-18-39)56-52(35-44)40-19-7-2-8-20-40)33-48(32-42)58-53-27-14-13-26-49(53)50-29-28-47(36-54(50)58)57(45-22-9-3-10-23-45)46-24-11-4-12-25-46/h1-36H. The minimum absolute atomic E-state index is 0.620. The predicted octanol–water partition coefficient (Wildman–Crippen LogP) is 14.2. The number of benzene rings is 8. The van der Waals surface area contributed by atoms with Gasteiger partial charge in [0.15, 0.2) is 0 Å². The molecule has 272 valence electrons. The Labute approximate surface area is 337 Å². The lowest BCUT2D eigenvalue weighted by Crippen LogP contribution is -2.09. The molecule has 2 heterocycles. The van der Waals surface area contributed by atoms with Crippen LogP contribution in [0.4, 0.5) is 17.1 Å². The molecule has 0 bridgehead atoms. The Morgan fingerprint density at radius 2 is 0.897 bits per heavy atom. The van der Waals surface area contributed by atoms with E-state index in [4.69, 9.17) is 4.98 Å². The van der Waals surface area contributed by atoms with Crippen molar-refractivity contribution in [2.45, 2.75) is 0 Å². The summed E-state index contributed by atoms with van der Waals surface area (Å²) in [5.74, 6) is 0. The van der Waals surface area contributed by atoms with Crippen LogP contribution in [0.2, 0.25) is 0 Å². The summed E-state index contributed by atoms with van der Waals surface area (Å²) in [5.41, 5.74) is 15.1. The Morgan fingerprint density at radius 1 is 0.379 bits per heavy atom. The van der Waals surface area contributed by atoms with Gasteiger partial charge in [0, 0.05) is 44.6 Å². The lowest BCUT2D eigenvalue weighted by atomic mass is 9.95. The molecule has 0 atom stereocenters. The Bertz CT molecular complexity index is 3010. The van der Waals surface area contributed by atoms with Crippen LogP contribution in [-0.4, -0.2) is 9.55 Å². The van der Waals surface area contributed by atoms with Gasteiger partial charge in [0.2, 0.25) is 0 Å². The van der Waals surface area contributed by atoms with Crippen LogP contribution in [0.1, 0.15) is 5.56 Å². The van der Waals surface area contributed by atoms with Crippen molar-refractivity contribution >= 4 is 38.9 Å². The molecular formula is C54H36N4. The quantitative estimate of drug-likeness (QED) is 0.156. The highest BCUT2D eigenvalue weighted by Gasteiger charge is 2.19. The maximum absolute atomic E-state index is 9.93. The van der Waals surface area contributed by atoms with Crippen LogP contribution >= 0.6 is 0 Å². The van der Waals surface area contributed by atoms with Gasteiger partial charge in [0.25, 0.3) is 0 Å². The van der Waals surface area contributed by atoms with E-state index in [1.165, 1.54) is 10.8 Å². The van der Waals surface area contributed by atoms with Crippen LogP contribution in [-0.2, 0) is 0 Å². The van der Waals surface area contributed by atoms with E-state index in [-0.39, 0.29) is 0 Å². The van der Waals surface area contributed by atoms with Crippen molar-refractivity contribution < 1.29 is 0 Å². The maximum Gasteiger partial charge on any atom is 0.0991 e. The van der Waals surface area contributed by atoms with Gasteiger partial charge in [0.05, 0.1) is 34.1 Å². The van der Waals surface area contributed by atoms with E-state index in [2.05, 4.69) is 204 Å². The summed E-state index contributed by atoms with van der Waals surface area (Å²) in [6.45, 7) is 0. The molecule has 4 heteroatoms. The van der Waals surface area contributed by atoms with Gasteiger partial charge in [-0.1, -0.05) is 133 Å². The van der Waals surface area contributed by atoms with Gasteiger partial charge in [0.1, 0.15) is 0 Å². The van der Waals surface area contributed by atoms with E-state index in [0.717, 1.165) is 78.6 Å². The van der Waals surface area contributed by atoms with Gasteiger partial charge in [-0.25, -0.2) is 4.98 Å². The zero-order valence-corrected chi connectivity index (χ0v) is 31.6. The van der Waals surface area contributed by atoms with Crippen molar-refractivity contribution in [3.8, 4) is 56.5 Å². The molecular weight excluding hydrogens is 705 g/mol. The number of anilines is 3. The fourth-order valence-electron chi connectivity index (χ4n) is 8.03. The summed E-state index contributed by atoms with van der Waals surface area (Å²) < 4.78 is 2.39. The average molecular weight is 741 g/mol. The number of fused-ring (bicyclic) bond motifs is 3. The molecule has 10 aromatic rings. The summed E-state index contributed by atoms with van der Waals surface area (Å²) in [4.78, 5) is 7.50. The van der Waals surface area contributed by atoms with Gasteiger partial charge in [-0.3, -0.25) is 0 Å². The van der Waals surface area contributed by atoms with Crippen molar-refractivity contribution in [2.24, 2.45) is 0 Å². The highest BCUT2D eigenvalue weighted by atomic mass is 15.1. The first-order valence-corrected chi connectivity index (χ1v) is 19.4. The molecule has 58 heavy (non-hydrogen) atoms. The third-order valence-corrected chi connectivity index (χ3v) is 10.7. The highest BCUT2D eigenvalue weighted by molar-refractivity contribution is 6.10. The molecule has 0 fully saturated rings. The Morgan fingerprint density at radius 3 is 1.52 bits per heavy atom. The van der Waals surface area contributed by atoms with Crippen LogP contribution in [0.25, 0.3) is 72.3 Å². The van der Waals surface area contributed by atoms with Crippen LogP contribution in [0, 0.1) is 11.3 Å². The summed E-state index contributed by atoms with van der Waals surface area (Å²) in [5, 5.41) is 12.3. The smallest absolute Gasteiger partial charge is 0.0991 e. The lowest BCUT2D eigenvalue weighted by Gasteiger charge is -2.25. The summed E-state index contributed by atoms with van der Waals surface area (Å²) in [6, 6.07) is 78.6. The summed E-state index contributed by atoms with van der Waals surface area (Å²) in [6.07, 6.45) is 0. The normalized spacial score (nSPS) is 11.1. The second-order valence-corrected chi connectivity index (χ2v) is 14.4. The van der Waals surface area contributed by atoms with Gasteiger partial charge in [-0.2, -0.15) is 5.26 Å². The van der Waals surface area contributed by atoms with E-state index in [1.807, 2.05) is 30.3 Å². The fourth-order valence-corrected chi connectivity index (χ4v) is 8.03. The van der Waals surface area contributed by atoms with Crippen LogP contribution in [0.3, 0.4) is 0 Å². The molecule has 2 aromatic heterocycles. The maximum atomic E-state index is 9.93. The molecule has 0 aliphatic heterocycles. The first kappa shape index (κ1) is 34.5. The van der Waals surface area contributed by atoms with Crippen LogP contribution in [0.5, 0.6) is 0 Å². The number of rotatable bonds is 8. The van der Waals surface area contributed by atoms with E-state index in [9.17, 15) is 5.26 Å². The third kappa shape index (κ3) is 6.47. The largest absolute Gasteiger partial charge is 0.310 e. The number of hydrogen-bond donors (Lipinski definition) is 0. The van der Waals surface area contributed by atoms with Crippen molar-refractivity contribution in [1.29, 1.82) is 5.26 Å². The van der Waals surface area contributed by atoms with Gasteiger partial charge in [-0.15, -0.1) is 0 Å². The zero-order chi connectivity index (χ0) is 38.8. The van der Waals surface area contributed by atoms with Crippen molar-refractivity contribution in [2.75, 3.05) is 4.90 Å². The Balaban J connectivity index is 1.24. The lowest BCUT2D eigenvalue weighted by molar-refractivity contribution is 1.18. The molecule has 0 aliphatic carbocycles. The monoisotopic (exact) mass is 740 g/mol. The van der Waals surface area contributed by atoms with Crippen LogP contribution in [0.15, 0.2) is 218 Å². The van der Waals surface area contributed by atoms with E-state index >= 15 is 0 Å². The number of aromatic nitrogens is 2. The third-order valence-electron chi connectivity index (χ3n) is 10.7. The van der Waals surface area contributed by atoms with E-state index in [1.54, 1.807) is 0 Å². The fraction of sp³-hybridized carbons (Fsp3) is 0. The molecule has 0 unspecified atom stereocenters. The Kier molecular flexibility index (Phi) is 8.87. The summed E-state index contributed by atoms with van der Waals surface area (Å²) >= 11 is 0. The van der Waals surface area contributed by atoms with Crippen LogP contribution < -0.4 is 4.90 Å². The van der Waals surface area contributed by atoms with Crippen molar-refractivity contribution in [3.05, 3.63) is 224 Å². The molecule has 0 amide bonds. The molecule has 0 N–H and O–H groups in total. The van der Waals surface area contributed by atoms with Crippen molar-refractivity contribution in [3.63, 3.8) is 0 Å². The first-order chi connectivity index (χ1) is 28.7. The number of nitrogens with zero attached hydrogens (tertiary/aromatic N) is 4. The average Bonchev–Trinajstić information content (AvgIpc) is 3.64. The first-order valence-electron chi connectivity index (χ1n) is 19.4. The minimum atomic E-state index is 0.620. The SMILES string of the molecule is N#Cc1cccc(-c2cc(-c3cc(-c4ccccc4)nc(-c4ccccc4)c3)cc(-n3c4ccccc4c4ccc(N(c5ccccc5)c5ccccc5)cc43)c2)c1. The molecule has 0 saturated carbocycles. The van der Waals surface area contributed by atoms with Gasteiger partial charge >= 0.3 is 0 Å². The van der Waals surface area contributed by atoms with Crippen molar-refractivity contribution in [1.82, 2.24) is 9.55 Å². The van der Waals surface area contributed by atoms with E-state index in [0.29, 0.717) is 5.56 Å². The summed E-state index contributed by atoms with van der Waals surface area (Å²) in [7, 11) is 0. The second-order valence-electron chi connectivity index (χ2n) is 14.4. The number of nitriles is 1. The molecule has 10 rings (SSSR count). The number of para-hydroxylation sites is 3. The molecule has 0 saturated heterocycles. The minimum Gasteiger partial charge on any atom is -0.310 e. The van der Waals surface area contributed by atoms with Gasteiger partial charge in [-0.05, 0) is 107 Å². The second kappa shape index (κ2) is 14.9.